The summed E-state index contributed by atoms with van der Waals surface area (Å²) < 4.78 is 0. The van der Waals surface area contributed by atoms with E-state index in [1.54, 1.807) is 0 Å². The summed E-state index contributed by atoms with van der Waals surface area (Å²) in [6.45, 7) is 7.50. The van der Waals surface area contributed by atoms with E-state index in [4.69, 9.17) is 11.6 Å². The van der Waals surface area contributed by atoms with Crippen LogP contribution in [-0.2, 0) is 13.0 Å². The molecule has 2 rings (SSSR count). The molecule has 0 spiro atoms. The molecule has 0 aliphatic heterocycles. The summed E-state index contributed by atoms with van der Waals surface area (Å²) in [6, 6.07) is 17.1. The Morgan fingerprint density at radius 3 is 2.14 bits per heavy atom. The standard InChI is InChI=1S/C19H24ClN/c1-14(2)12-16-8-10-17(11-9-16)13-21-15(3)18-6-4-5-7-19(18)20/h4-11,14-15,21H,12-13H2,1-3H3. The van der Waals surface area contributed by atoms with Gasteiger partial charge in [0.2, 0.25) is 0 Å². The largest absolute Gasteiger partial charge is 0.306 e. The lowest BCUT2D eigenvalue weighted by Crippen LogP contribution is -2.18. The summed E-state index contributed by atoms with van der Waals surface area (Å²) in [6.07, 6.45) is 1.14. The third kappa shape index (κ3) is 4.87. The second kappa shape index (κ2) is 7.63. The van der Waals surface area contributed by atoms with E-state index in [9.17, 15) is 0 Å². The molecular formula is C19H24ClN. The summed E-state index contributed by atoms with van der Waals surface area (Å²) in [4.78, 5) is 0. The molecule has 0 aromatic heterocycles. The fourth-order valence-corrected chi connectivity index (χ4v) is 2.77. The average Bonchev–Trinajstić information content (AvgIpc) is 2.46. The van der Waals surface area contributed by atoms with Gasteiger partial charge in [0, 0.05) is 17.6 Å². The molecule has 0 radical (unpaired) electrons. The summed E-state index contributed by atoms with van der Waals surface area (Å²) in [7, 11) is 0. The predicted molar refractivity (Wildman–Crippen MR) is 91.7 cm³/mol. The van der Waals surface area contributed by atoms with Crippen molar-refractivity contribution < 1.29 is 0 Å². The molecule has 0 amide bonds. The van der Waals surface area contributed by atoms with Crippen LogP contribution in [0, 0.1) is 5.92 Å². The van der Waals surface area contributed by atoms with Gasteiger partial charge in [-0.1, -0.05) is 67.9 Å². The number of halogens is 1. The van der Waals surface area contributed by atoms with Crippen molar-refractivity contribution in [2.75, 3.05) is 0 Å². The molecule has 0 bridgehead atoms. The average molecular weight is 302 g/mol. The molecule has 2 aromatic carbocycles. The molecule has 112 valence electrons. The van der Waals surface area contributed by atoms with Gasteiger partial charge in [0.25, 0.3) is 0 Å². The molecule has 0 aliphatic carbocycles. The second-order valence-electron chi connectivity index (χ2n) is 6.04. The van der Waals surface area contributed by atoms with Crippen LogP contribution in [0.3, 0.4) is 0 Å². The van der Waals surface area contributed by atoms with E-state index in [0.717, 1.165) is 23.6 Å². The molecule has 0 fully saturated rings. The molecule has 1 atom stereocenters. The van der Waals surface area contributed by atoms with E-state index in [2.05, 4.69) is 56.4 Å². The fraction of sp³-hybridized carbons (Fsp3) is 0.368. The Balaban J connectivity index is 1.92. The molecule has 0 aliphatic rings. The minimum atomic E-state index is 0.244. The highest BCUT2D eigenvalue weighted by molar-refractivity contribution is 6.31. The summed E-state index contributed by atoms with van der Waals surface area (Å²) in [5, 5.41) is 4.36. The number of benzene rings is 2. The van der Waals surface area contributed by atoms with Gasteiger partial charge in [-0.2, -0.15) is 0 Å². The molecular weight excluding hydrogens is 278 g/mol. The quantitative estimate of drug-likeness (QED) is 0.754. The Morgan fingerprint density at radius 2 is 1.52 bits per heavy atom. The van der Waals surface area contributed by atoms with Crippen molar-refractivity contribution >= 4 is 11.6 Å². The molecule has 1 N–H and O–H groups in total. The van der Waals surface area contributed by atoms with E-state index in [-0.39, 0.29) is 6.04 Å². The zero-order chi connectivity index (χ0) is 15.2. The topological polar surface area (TPSA) is 12.0 Å². The lowest BCUT2D eigenvalue weighted by molar-refractivity contribution is 0.574. The Labute approximate surface area is 133 Å². The minimum Gasteiger partial charge on any atom is -0.306 e. The van der Waals surface area contributed by atoms with Gasteiger partial charge >= 0.3 is 0 Å². The first-order valence-corrected chi connectivity index (χ1v) is 7.99. The molecule has 0 saturated carbocycles. The zero-order valence-electron chi connectivity index (χ0n) is 13.1. The Morgan fingerprint density at radius 1 is 0.905 bits per heavy atom. The van der Waals surface area contributed by atoms with Crippen LogP contribution >= 0.6 is 11.6 Å². The predicted octanol–water partition coefficient (Wildman–Crippen LogP) is 5.39. The van der Waals surface area contributed by atoms with E-state index < -0.39 is 0 Å². The molecule has 2 heteroatoms. The van der Waals surface area contributed by atoms with Crippen LogP contribution in [0.1, 0.15) is 43.5 Å². The van der Waals surface area contributed by atoms with Gasteiger partial charge in [0.05, 0.1) is 0 Å². The van der Waals surface area contributed by atoms with Crippen LogP contribution < -0.4 is 5.32 Å². The Hall–Kier alpha value is -1.31. The van der Waals surface area contributed by atoms with Crippen LogP contribution in [-0.4, -0.2) is 0 Å². The summed E-state index contributed by atoms with van der Waals surface area (Å²) >= 11 is 6.23. The third-order valence-electron chi connectivity index (χ3n) is 3.65. The molecule has 21 heavy (non-hydrogen) atoms. The first kappa shape index (κ1) is 16.1. The number of rotatable bonds is 6. The maximum Gasteiger partial charge on any atom is 0.0453 e. The second-order valence-corrected chi connectivity index (χ2v) is 6.45. The highest BCUT2D eigenvalue weighted by Gasteiger charge is 2.08. The fourth-order valence-electron chi connectivity index (χ4n) is 2.47. The van der Waals surface area contributed by atoms with Crippen LogP contribution in [0.15, 0.2) is 48.5 Å². The van der Waals surface area contributed by atoms with Crippen LogP contribution in [0.4, 0.5) is 0 Å². The van der Waals surface area contributed by atoms with E-state index in [1.165, 1.54) is 11.1 Å². The van der Waals surface area contributed by atoms with Crippen molar-refractivity contribution in [3.8, 4) is 0 Å². The SMILES string of the molecule is CC(C)Cc1ccc(CNC(C)c2ccccc2Cl)cc1. The molecule has 1 nitrogen and oxygen atoms in total. The van der Waals surface area contributed by atoms with Crippen molar-refractivity contribution in [1.82, 2.24) is 5.32 Å². The number of hydrogen-bond acceptors (Lipinski definition) is 1. The highest BCUT2D eigenvalue weighted by atomic mass is 35.5. The van der Waals surface area contributed by atoms with Crippen LogP contribution in [0.5, 0.6) is 0 Å². The van der Waals surface area contributed by atoms with Crippen molar-refractivity contribution in [3.63, 3.8) is 0 Å². The zero-order valence-corrected chi connectivity index (χ0v) is 13.8. The van der Waals surface area contributed by atoms with Crippen molar-refractivity contribution in [2.24, 2.45) is 5.92 Å². The van der Waals surface area contributed by atoms with E-state index in [1.807, 2.05) is 18.2 Å². The minimum absolute atomic E-state index is 0.244. The van der Waals surface area contributed by atoms with Crippen molar-refractivity contribution in [1.29, 1.82) is 0 Å². The Kier molecular flexibility index (Phi) is 5.84. The van der Waals surface area contributed by atoms with Crippen LogP contribution in [0.2, 0.25) is 5.02 Å². The first-order chi connectivity index (χ1) is 10.1. The van der Waals surface area contributed by atoms with Crippen molar-refractivity contribution in [3.05, 3.63) is 70.2 Å². The number of nitrogens with one attached hydrogen (secondary N) is 1. The van der Waals surface area contributed by atoms with Gasteiger partial charge in [-0.3, -0.25) is 0 Å². The van der Waals surface area contributed by atoms with Crippen molar-refractivity contribution in [2.45, 2.75) is 39.8 Å². The first-order valence-electron chi connectivity index (χ1n) is 7.62. The molecule has 1 unspecified atom stereocenters. The third-order valence-corrected chi connectivity index (χ3v) is 4.00. The molecule has 0 heterocycles. The monoisotopic (exact) mass is 301 g/mol. The maximum atomic E-state index is 6.23. The van der Waals surface area contributed by atoms with E-state index >= 15 is 0 Å². The summed E-state index contributed by atoms with van der Waals surface area (Å²) in [5.41, 5.74) is 3.87. The van der Waals surface area contributed by atoms with E-state index in [0.29, 0.717) is 5.92 Å². The van der Waals surface area contributed by atoms with Gasteiger partial charge < -0.3 is 5.32 Å². The Bertz CT molecular complexity index is 560. The lowest BCUT2D eigenvalue weighted by Gasteiger charge is -2.16. The number of hydrogen-bond donors (Lipinski definition) is 1. The smallest absolute Gasteiger partial charge is 0.0453 e. The van der Waals surface area contributed by atoms with Crippen LogP contribution in [0.25, 0.3) is 0 Å². The van der Waals surface area contributed by atoms with Gasteiger partial charge in [0.15, 0.2) is 0 Å². The highest BCUT2D eigenvalue weighted by Crippen LogP contribution is 2.22. The normalized spacial score (nSPS) is 12.6. The van der Waals surface area contributed by atoms with Gasteiger partial charge in [0.1, 0.15) is 0 Å². The van der Waals surface area contributed by atoms with Gasteiger partial charge in [-0.05, 0) is 42.0 Å². The lowest BCUT2D eigenvalue weighted by atomic mass is 10.0. The van der Waals surface area contributed by atoms with Gasteiger partial charge in [-0.15, -0.1) is 0 Å². The maximum absolute atomic E-state index is 6.23. The van der Waals surface area contributed by atoms with Gasteiger partial charge in [-0.25, -0.2) is 0 Å². The molecule has 0 saturated heterocycles. The molecule has 2 aromatic rings. The summed E-state index contributed by atoms with van der Waals surface area (Å²) in [5.74, 6) is 0.703.